The summed E-state index contributed by atoms with van der Waals surface area (Å²) in [6.45, 7) is 1.86. The summed E-state index contributed by atoms with van der Waals surface area (Å²) >= 11 is 1.43. The molecule has 0 aliphatic carbocycles. The van der Waals surface area contributed by atoms with Crippen LogP contribution in [0, 0.1) is 0 Å². The van der Waals surface area contributed by atoms with Crippen LogP contribution in [0.5, 0.6) is 0 Å². The lowest BCUT2D eigenvalue weighted by Crippen LogP contribution is -2.32. The maximum Gasteiger partial charge on any atom is 0.322 e. The van der Waals surface area contributed by atoms with Gasteiger partial charge in [0.2, 0.25) is 5.91 Å². The van der Waals surface area contributed by atoms with Gasteiger partial charge in [0.1, 0.15) is 11.8 Å². The SMILES string of the molecule is COC(=O)C(N)CCSCC(=O)NC(C)c1ccco1. The minimum absolute atomic E-state index is 0.0782. The molecule has 0 spiro atoms. The lowest BCUT2D eigenvalue weighted by Gasteiger charge is -2.12. The molecule has 1 heterocycles. The quantitative estimate of drug-likeness (QED) is 0.551. The van der Waals surface area contributed by atoms with E-state index in [0.29, 0.717) is 17.9 Å². The van der Waals surface area contributed by atoms with Gasteiger partial charge in [0.15, 0.2) is 0 Å². The van der Waals surface area contributed by atoms with Gasteiger partial charge in [-0.2, -0.15) is 11.8 Å². The van der Waals surface area contributed by atoms with Crippen LogP contribution in [0.25, 0.3) is 0 Å². The molecule has 6 nitrogen and oxygen atoms in total. The molecular formula is C13H20N2O4S. The zero-order valence-electron chi connectivity index (χ0n) is 11.6. The number of nitrogens with one attached hydrogen (secondary N) is 1. The average molecular weight is 300 g/mol. The van der Waals surface area contributed by atoms with Gasteiger partial charge in [0.25, 0.3) is 0 Å². The van der Waals surface area contributed by atoms with Gasteiger partial charge < -0.3 is 20.2 Å². The highest BCUT2D eigenvalue weighted by atomic mass is 32.2. The Morgan fingerprint density at radius 1 is 1.55 bits per heavy atom. The Labute approximate surface area is 122 Å². The van der Waals surface area contributed by atoms with Crippen LogP contribution >= 0.6 is 11.8 Å². The summed E-state index contributed by atoms with van der Waals surface area (Å²) in [7, 11) is 1.30. The van der Waals surface area contributed by atoms with Crippen LogP contribution in [-0.4, -0.2) is 36.5 Å². The van der Waals surface area contributed by atoms with Gasteiger partial charge in [-0.05, 0) is 31.2 Å². The van der Waals surface area contributed by atoms with Gasteiger partial charge >= 0.3 is 5.97 Å². The van der Waals surface area contributed by atoms with Crippen LogP contribution in [0.3, 0.4) is 0 Å². The second-order valence-corrected chi connectivity index (χ2v) is 5.38. The van der Waals surface area contributed by atoms with Gasteiger partial charge in [-0.15, -0.1) is 0 Å². The molecule has 1 rings (SSSR count). The maximum atomic E-state index is 11.7. The van der Waals surface area contributed by atoms with Crippen molar-refractivity contribution < 1.29 is 18.7 Å². The minimum Gasteiger partial charge on any atom is -0.468 e. The molecule has 0 bridgehead atoms. The number of methoxy groups -OCH3 is 1. The smallest absolute Gasteiger partial charge is 0.322 e. The molecule has 3 N–H and O–H groups in total. The highest BCUT2D eigenvalue weighted by molar-refractivity contribution is 7.99. The number of amides is 1. The molecule has 0 aliphatic rings. The van der Waals surface area contributed by atoms with Crippen molar-refractivity contribution in [1.82, 2.24) is 5.32 Å². The molecule has 1 amide bonds. The number of esters is 1. The van der Waals surface area contributed by atoms with Gasteiger partial charge in [-0.1, -0.05) is 0 Å². The monoisotopic (exact) mass is 300 g/mol. The van der Waals surface area contributed by atoms with E-state index in [9.17, 15) is 9.59 Å². The largest absolute Gasteiger partial charge is 0.468 e. The number of carbonyl (C=O) groups excluding carboxylic acids is 2. The van der Waals surface area contributed by atoms with Crippen molar-refractivity contribution in [2.45, 2.75) is 25.4 Å². The third-order valence-electron chi connectivity index (χ3n) is 2.66. The molecule has 0 saturated heterocycles. The third kappa shape index (κ3) is 5.66. The van der Waals surface area contributed by atoms with E-state index in [0.717, 1.165) is 5.76 Å². The van der Waals surface area contributed by atoms with Crippen molar-refractivity contribution in [3.05, 3.63) is 24.2 Å². The summed E-state index contributed by atoms with van der Waals surface area (Å²) < 4.78 is 9.72. The fourth-order valence-corrected chi connectivity index (χ4v) is 2.37. The fourth-order valence-electron chi connectivity index (χ4n) is 1.54. The Kier molecular flexibility index (Phi) is 7.17. The number of thioether (sulfide) groups is 1. The van der Waals surface area contributed by atoms with Crippen molar-refractivity contribution in [3.8, 4) is 0 Å². The summed E-state index contributed by atoms with van der Waals surface area (Å²) in [4.78, 5) is 22.8. The Balaban J connectivity index is 2.16. The summed E-state index contributed by atoms with van der Waals surface area (Å²) in [6, 6.07) is 2.81. The topological polar surface area (TPSA) is 94.6 Å². The van der Waals surface area contributed by atoms with E-state index in [-0.39, 0.29) is 11.9 Å². The molecule has 7 heteroatoms. The summed E-state index contributed by atoms with van der Waals surface area (Å²) in [5, 5.41) is 2.83. The number of carbonyl (C=O) groups is 2. The molecule has 20 heavy (non-hydrogen) atoms. The highest BCUT2D eigenvalue weighted by Gasteiger charge is 2.14. The maximum absolute atomic E-state index is 11.7. The second-order valence-electron chi connectivity index (χ2n) is 4.28. The minimum atomic E-state index is -0.627. The van der Waals surface area contributed by atoms with Crippen LogP contribution < -0.4 is 11.1 Å². The Morgan fingerprint density at radius 2 is 2.30 bits per heavy atom. The van der Waals surface area contributed by atoms with Gasteiger partial charge in [0, 0.05) is 0 Å². The molecular weight excluding hydrogens is 280 g/mol. The Bertz CT molecular complexity index is 422. The molecule has 0 aromatic carbocycles. The Morgan fingerprint density at radius 3 is 2.90 bits per heavy atom. The van der Waals surface area contributed by atoms with Crippen molar-refractivity contribution in [2.24, 2.45) is 5.73 Å². The van der Waals surface area contributed by atoms with E-state index in [4.69, 9.17) is 10.2 Å². The van der Waals surface area contributed by atoms with E-state index < -0.39 is 12.0 Å². The first-order valence-electron chi connectivity index (χ1n) is 6.28. The van der Waals surface area contributed by atoms with Crippen molar-refractivity contribution >= 4 is 23.6 Å². The zero-order chi connectivity index (χ0) is 15.0. The van der Waals surface area contributed by atoms with Gasteiger partial charge in [0.05, 0.1) is 25.2 Å². The van der Waals surface area contributed by atoms with E-state index in [2.05, 4.69) is 10.1 Å². The highest BCUT2D eigenvalue weighted by Crippen LogP contribution is 2.12. The third-order valence-corrected chi connectivity index (χ3v) is 3.65. The molecule has 2 atom stereocenters. The molecule has 0 fully saturated rings. The number of hydrogen-bond acceptors (Lipinski definition) is 6. The van der Waals surface area contributed by atoms with Crippen molar-refractivity contribution in [3.63, 3.8) is 0 Å². The van der Waals surface area contributed by atoms with Gasteiger partial charge in [-0.25, -0.2) is 0 Å². The normalized spacial score (nSPS) is 13.6. The molecule has 0 saturated carbocycles. The lowest BCUT2D eigenvalue weighted by atomic mass is 10.2. The molecule has 1 aromatic rings. The zero-order valence-corrected chi connectivity index (χ0v) is 12.4. The second kappa shape index (κ2) is 8.65. The lowest BCUT2D eigenvalue weighted by molar-refractivity contribution is -0.142. The van der Waals surface area contributed by atoms with Crippen molar-refractivity contribution in [1.29, 1.82) is 0 Å². The number of rotatable bonds is 8. The molecule has 112 valence electrons. The van der Waals surface area contributed by atoms with Crippen LogP contribution in [0.2, 0.25) is 0 Å². The summed E-state index contributed by atoms with van der Waals surface area (Å²) in [5.74, 6) is 1.15. The molecule has 0 aliphatic heterocycles. The first-order chi connectivity index (χ1) is 9.54. The van der Waals surface area contributed by atoms with E-state index in [1.54, 1.807) is 12.3 Å². The van der Waals surface area contributed by atoms with Crippen molar-refractivity contribution in [2.75, 3.05) is 18.6 Å². The standard InChI is InChI=1S/C13H20N2O4S/c1-9(11-4-3-6-19-11)15-12(16)8-20-7-5-10(14)13(17)18-2/h3-4,6,9-10H,5,7-8,14H2,1-2H3,(H,15,16). The van der Waals surface area contributed by atoms with E-state index in [1.807, 2.05) is 13.0 Å². The number of hydrogen-bond donors (Lipinski definition) is 2. The first-order valence-corrected chi connectivity index (χ1v) is 7.44. The fraction of sp³-hybridized carbons (Fsp3) is 0.538. The Hall–Kier alpha value is -1.47. The molecule has 1 aromatic heterocycles. The molecule has 0 radical (unpaired) electrons. The van der Waals surface area contributed by atoms with Crippen LogP contribution in [-0.2, 0) is 14.3 Å². The van der Waals surface area contributed by atoms with E-state index >= 15 is 0 Å². The van der Waals surface area contributed by atoms with E-state index in [1.165, 1.54) is 18.9 Å². The van der Waals surface area contributed by atoms with Crippen LogP contribution in [0.4, 0.5) is 0 Å². The summed E-state index contributed by atoms with van der Waals surface area (Å²) in [5.41, 5.74) is 5.59. The number of ether oxygens (including phenoxy) is 1. The predicted molar refractivity (Wildman–Crippen MR) is 77.2 cm³/mol. The van der Waals surface area contributed by atoms with Gasteiger partial charge in [-0.3, -0.25) is 9.59 Å². The molecule has 2 unspecified atom stereocenters. The summed E-state index contributed by atoms with van der Waals surface area (Å²) in [6.07, 6.45) is 2.05. The van der Waals surface area contributed by atoms with Crippen LogP contribution in [0.15, 0.2) is 22.8 Å². The van der Waals surface area contributed by atoms with Crippen LogP contribution in [0.1, 0.15) is 25.1 Å². The average Bonchev–Trinajstić information content (AvgIpc) is 2.96. The first kappa shape index (κ1) is 16.6. The number of nitrogens with two attached hydrogens (primary N) is 1. The predicted octanol–water partition coefficient (Wildman–Crippen LogP) is 1.08. The number of furan rings is 1.